The number of carbonyl (C=O) groups is 4. The lowest BCUT2D eigenvalue weighted by Gasteiger charge is -2.11. The van der Waals surface area contributed by atoms with Gasteiger partial charge in [-0.3, -0.25) is 4.79 Å². The molecule has 0 spiro atoms. The largest absolute Gasteiger partial charge is 0.492 e. The molecule has 0 aliphatic carbocycles. The monoisotopic (exact) mass is 499 g/mol. The van der Waals surface area contributed by atoms with Crippen LogP contribution in [0.3, 0.4) is 0 Å². The van der Waals surface area contributed by atoms with Gasteiger partial charge in [0.1, 0.15) is 36.0 Å². The molecule has 36 heavy (non-hydrogen) atoms. The van der Waals surface area contributed by atoms with Gasteiger partial charge in [0.2, 0.25) is 0 Å². The van der Waals surface area contributed by atoms with Crippen LogP contribution >= 0.6 is 0 Å². The molecule has 0 aliphatic heterocycles. The highest BCUT2D eigenvalue weighted by Crippen LogP contribution is 2.26. The van der Waals surface area contributed by atoms with Crippen LogP contribution in [0.4, 0.5) is 0 Å². The molecule has 0 saturated carbocycles. The van der Waals surface area contributed by atoms with E-state index >= 15 is 0 Å². The number of aliphatic carboxylic acids is 2. The molecule has 0 aliphatic rings. The lowest BCUT2D eigenvalue weighted by Crippen LogP contribution is -2.16. The summed E-state index contributed by atoms with van der Waals surface area (Å²) in [5.41, 5.74) is 5.82. The SMILES string of the molecule is C=CCOc1ccc(OCCN)cc1C(=O)C=Cc1ccc(OCC(=O)O)c(C(=O)OCC(=O)O)c1. The van der Waals surface area contributed by atoms with Crippen LogP contribution in [0.15, 0.2) is 55.1 Å². The Bertz CT molecular complexity index is 1160. The number of allylic oxidation sites excluding steroid dienone is 1. The van der Waals surface area contributed by atoms with Gasteiger partial charge in [-0.2, -0.15) is 0 Å². The third kappa shape index (κ3) is 8.61. The van der Waals surface area contributed by atoms with Crippen molar-refractivity contribution in [3.8, 4) is 17.2 Å². The molecule has 2 aromatic rings. The molecule has 2 aromatic carbocycles. The standard InChI is InChI=1S/C25H25NO10/c1-2-10-34-21-8-5-17(33-11-9-26)13-18(21)20(27)6-3-16-4-7-22(35-14-23(28)29)19(12-16)25(32)36-15-24(30)31/h2-8,12-13H,1,9-11,14-15,26H2,(H,28,29)(H,30,31). The van der Waals surface area contributed by atoms with E-state index in [2.05, 4.69) is 11.3 Å². The summed E-state index contributed by atoms with van der Waals surface area (Å²) in [6.45, 7) is 2.68. The molecule has 11 nitrogen and oxygen atoms in total. The third-order valence-corrected chi connectivity index (χ3v) is 4.29. The van der Waals surface area contributed by atoms with Gasteiger partial charge in [-0.15, -0.1) is 0 Å². The van der Waals surface area contributed by atoms with Crippen molar-refractivity contribution < 1.29 is 48.3 Å². The van der Waals surface area contributed by atoms with Gasteiger partial charge in [0.25, 0.3) is 0 Å². The second kappa shape index (κ2) is 13.9. The number of esters is 1. The van der Waals surface area contributed by atoms with E-state index in [1.54, 1.807) is 12.1 Å². The zero-order chi connectivity index (χ0) is 26.5. The van der Waals surface area contributed by atoms with Crippen LogP contribution in [0.1, 0.15) is 26.3 Å². The Morgan fingerprint density at radius 2 is 1.58 bits per heavy atom. The molecule has 190 valence electrons. The van der Waals surface area contributed by atoms with Crippen molar-refractivity contribution in [1.82, 2.24) is 0 Å². The van der Waals surface area contributed by atoms with Crippen molar-refractivity contribution in [1.29, 1.82) is 0 Å². The quantitative estimate of drug-likeness (QED) is 0.142. The van der Waals surface area contributed by atoms with Crippen molar-refractivity contribution >= 4 is 29.8 Å². The van der Waals surface area contributed by atoms with Crippen molar-refractivity contribution in [2.75, 3.05) is 33.0 Å². The number of rotatable bonds is 15. The first-order valence-electron chi connectivity index (χ1n) is 10.6. The summed E-state index contributed by atoms with van der Waals surface area (Å²) in [6, 6.07) is 8.80. The highest BCUT2D eigenvalue weighted by atomic mass is 16.6. The fraction of sp³-hybridized carbons (Fsp3) is 0.200. The third-order valence-electron chi connectivity index (χ3n) is 4.29. The number of ketones is 1. The molecule has 0 bridgehead atoms. The van der Waals surface area contributed by atoms with E-state index in [-0.39, 0.29) is 30.1 Å². The van der Waals surface area contributed by atoms with E-state index in [4.69, 9.17) is 30.2 Å². The number of nitrogens with two attached hydrogens (primary N) is 1. The van der Waals surface area contributed by atoms with Gasteiger partial charge in [-0.25, -0.2) is 14.4 Å². The predicted molar refractivity (Wildman–Crippen MR) is 128 cm³/mol. The molecule has 0 aromatic heterocycles. The van der Waals surface area contributed by atoms with Crippen LogP contribution in [-0.2, 0) is 14.3 Å². The average Bonchev–Trinajstić information content (AvgIpc) is 2.86. The molecule has 0 amide bonds. The van der Waals surface area contributed by atoms with Crippen molar-refractivity contribution in [3.05, 3.63) is 71.8 Å². The number of hydrogen-bond acceptors (Lipinski definition) is 9. The molecule has 0 unspecified atom stereocenters. The number of benzene rings is 2. The van der Waals surface area contributed by atoms with Gasteiger partial charge in [0.05, 0.1) is 5.56 Å². The molecule has 0 radical (unpaired) electrons. The Hall–Kier alpha value is -4.64. The number of carboxylic acids is 2. The van der Waals surface area contributed by atoms with E-state index < -0.39 is 36.9 Å². The molecule has 4 N–H and O–H groups in total. The van der Waals surface area contributed by atoms with E-state index in [1.165, 1.54) is 42.5 Å². The molecule has 2 rings (SSSR count). The van der Waals surface area contributed by atoms with E-state index in [0.29, 0.717) is 23.6 Å². The topological polar surface area (TPSA) is 172 Å². The second-order valence-corrected chi connectivity index (χ2v) is 7.00. The first-order chi connectivity index (χ1) is 17.2. The minimum atomic E-state index is -1.37. The Morgan fingerprint density at radius 3 is 2.25 bits per heavy atom. The van der Waals surface area contributed by atoms with Gasteiger partial charge in [-0.1, -0.05) is 24.8 Å². The molecular weight excluding hydrogens is 474 g/mol. The summed E-state index contributed by atoms with van der Waals surface area (Å²) in [5, 5.41) is 17.6. The fourth-order valence-electron chi connectivity index (χ4n) is 2.79. The minimum absolute atomic E-state index is 0.124. The number of carboxylic acid groups (broad SMARTS) is 2. The van der Waals surface area contributed by atoms with Gasteiger partial charge >= 0.3 is 17.9 Å². The van der Waals surface area contributed by atoms with E-state index in [0.717, 1.165) is 0 Å². The molecule has 0 heterocycles. The molecule has 0 saturated heterocycles. The fourth-order valence-corrected chi connectivity index (χ4v) is 2.79. The summed E-state index contributed by atoms with van der Waals surface area (Å²) in [7, 11) is 0. The van der Waals surface area contributed by atoms with Gasteiger partial charge < -0.3 is 34.9 Å². The van der Waals surface area contributed by atoms with Crippen LogP contribution in [0, 0.1) is 0 Å². The summed E-state index contributed by atoms with van der Waals surface area (Å²) >= 11 is 0. The van der Waals surface area contributed by atoms with Gasteiger partial charge in [0, 0.05) is 6.54 Å². The zero-order valence-electron chi connectivity index (χ0n) is 19.2. The first kappa shape index (κ1) is 27.6. The lowest BCUT2D eigenvalue weighted by atomic mass is 10.1. The summed E-state index contributed by atoms with van der Waals surface area (Å²) < 4.78 is 20.8. The number of carbonyl (C=O) groups excluding carboxylic acids is 2. The van der Waals surface area contributed by atoms with Gasteiger partial charge in [0.15, 0.2) is 19.0 Å². The highest BCUT2D eigenvalue weighted by molar-refractivity contribution is 6.09. The normalized spacial score (nSPS) is 10.5. The maximum Gasteiger partial charge on any atom is 0.342 e. The Kier molecular flexibility index (Phi) is 10.7. The Morgan fingerprint density at radius 1 is 0.889 bits per heavy atom. The first-order valence-corrected chi connectivity index (χ1v) is 10.6. The average molecular weight is 499 g/mol. The molecular formula is C25H25NO10. The predicted octanol–water partition coefficient (Wildman–Crippen LogP) is 2.19. The smallest absolute Gasteiger partial charge is 0.342 e. The van der Waals surface area contributed by atoms with Gasteiger partial charge in [-0.05, 0) is 42.0 Å². The molecule has 0 fully saturated rings. The van der Waals surface area contributed by atoms with Crippen molar-refractivity contribution in [3.63, 3.8) is 0 Å². The molecule has 0 atom stereocenters. The van der Waals surface area contributed by atoms with Crippen LogP contribution in [0.5, 0.6) is 17.2 Å². The Balaban J connectivity index is 2.34. The number of hydrogen-bond donors (Lipinski definition) is 3. The number of ether oxygens (including phenoxy) is 4. The summed E-state index contributed by atoms with van der Waals surface area (Å²) in [5.74, 6) is -3.52. The second-order valence-electron chi connectivity index (χ2n) is 7.00. The van der Waals surface area contributed by atoms with E-state index in [9.17, 15) is 19.2 Å². The van der Waals surface area contributed by atoms with Crippen molar-refractivity contribution in [2.45, 2.75) is 0 Å². The summed E-state index contributed by atoms with van der Waals surface area (Å²) in [6.07, 6.45) is 4.17. The van der Waals surface area contributed by atoms with Crippen molar-refractivity contribution in [2.24, 2.45) is 5.73 Å². The van der Waals surface area contributed by atoms with Crippen LogP contribution < -0.4 is 19.9 Å². The van der Waals surface area contributed by atoms with Crippen LogP contribution in [0.25, 0.3) is 6.08 Å². The maximum absolute atomic E-state index is 12.9. The zero-order valence-corrected chi connectivity index (χ0v) is 19.2. The van der Waals surface area contributed by atoms with Crippen LogP contribution in [-0.4, -0.2) is 66.9 Å². The maximum atomic E-state index is 12.9. The Labute approximate surface area is 206 Å². The lowest BCUT2D eigenvalue weighted by molar-refractivity contribution is -0.140. The van der Waals surface area contributed by atoms with E-state index in [1.807, 2.05) is 0 Å². The highest BCUT2D eigenvalue weighted by Gasteiger charge is 2.18. The van der Waals surface area contributed by atoms with Crippen LogP contribution in [0.2, 0.25) is 0 Å². The molecule has 11 heteroatoms. The summed E-state index contributed by atoms with van der Waals surface area (Å²) in [4.78, 5) is 46.8. The minimum Gasteiger partial charge on any atom is -0.492 e.